The predicted octanol–water partition coefficient (Wildman–Crippen LogP) is 5.74. The maximum Gasteiger partial charge on any atom is 0.330 e. The van der Waals surface area contributed by atoms with Crippen molar-refractivity contribution in [3.8, 4) is 0 Å². The summed E-state index contributed by atoms with van der Waals surface area (Å²) in [5.74, 6) is -0.807. The summed E-state index contributed by atoms with van der Waals surface area (Å²) in [5, 5.41) is 0. The molecule has 1 aliphatic rings. The number of ether oxygens (including phenoxy) is 1. The van der Waals surface area contributed by atoms with E-state index in [9.17, 15) is 14.0 Å². The van der Waals surface area contributed by atoms with Crippen LogP contribution >= 0.6 is 0 Å². The standard InChI is InChI=1S/C28H26FNO3/c1-33-26(31)19-12-21-10-13-22(14-11-21)27-25(9-5-8-20-6-3-2-4-7-20)28(32)30(27)24-17-15-23(29)16-18-24/h2-4,6-7,10-19,25,27H,5,8-9H2,1H3/b19-12+. The van der Waals surface area contributed by atoms with E-state index >= 15 is 0 Å². The minimum Gasteiger partial charge on any atom is -0.466 e. The van der Waals surface area contributed by atoms with Gasteiger partial charge in [0.25, 0.3) is 0 Å². The molecule has 2 unspecified atom stereocenters. The van der Waals surface area contributed by atoms with Crippen LogP contribution in [0.25, 0.3) is 6.08 Å². The van der Waals surface area contributed by atoms with Gasteiger partial charge in [-0.1, -0.05) is 54.6 Å². The zero-order chi connectivity index (χ0) is 23.2. The van der Waals surface area contributed by atoms with Crippen LogP contribution in [0.4, 0.5) is 10.1 Å². The smallest absolute Gasteiger partial charge is 0.330 e. The van der Waals surface area contributed by atoms with Crippen LogP contribution in [0.1, 0.15) is 35.6 Å². The molecule has 1 amide bonds. The van der Waals surface area contributed by atoms with E-state index in [4.69, 9.17) is 0 Å². The lowest BCUT2D eigenvalue weighted by Crippen LogP contribution is -2.55. The Bertz CT molecular complexity index is 1120. The first-order valence-electron chi connectivity index (χ1n) is 11.1. The van der Waals surface area contributed by atoms with E-state index in [2.05, 4.69) is 16.9 Å². The Labute approximate surface area is 193 Å². The average molecular weight is 444 g/mol. The van der Waals surface area contributed by atoms with Gasteiger partial charge in [0.1, 0.15) is 5.82 Å². The topological polar surface area (TPSA) is 46.6 Å². The number of rotatable bonds is 8. The van der Waals surface area contributed by atoms with Gasteiger partial charge in [-0.2, -0.15) is 0 Å². The number of amides is 1. The molecule has 0 spiro atoms. The Morgan fingerprint density at radius 3 is 2.36 bits per heavy atom. The highest BCUT2D eigenvalue weighted by atomic mass is 19.1. The lowest BCUT2D eigenvalue weighted by Gasteiger charge is -2.47. The van der Waals surface area contributed by atoms with Gasteiger partial charge in [0, 0.05) is 11.8 Å². The Hall–Kier alpha value is -3.73. The van der Waals surface area contributed by atoms with Gasteiger partial charge in [0.2, 0.25) is 5.91 Å². The summed E-state index contributed by atoms with van der Waals surface area (Å²) in [7, 11) is 1.34. The minimum atomic E-state index is -0.412. The van der Waals surface area contributed by atoms with Crippen molar-refractivity contribution in [2.75, 3.05) is 12.0 Å². The van der Waals surface area contributed by atoms with E-state index in [1.165, 1.54) is 30.9 Å². The molecule has 2 atom stereocenters. The lowest BCUT2D eigenvalue weighted by atomic mass is 9.78. The molecule has 0 saturated carbocycles. The molecule has 0 radical (unpaired) electrons. The van der Waals surface area contributed by atoms with Gasteiger partial charge in [0.05, 0.1) is 19.1 Å². The number of carbonyl (C=O) groups is 2. The summed E-state index contributed by atoms with van der Waals surface area (Å²) in [6.45, 7) is 0. The van der Waals surface area contributed by atoms with Crippen molar-refractivity contribution in [2.45, 2.75) is 25.3 Å². The second kappa shape index (κ2) is 10.3. The fraction of sp³-hybridized carbons (Fsp3) is 0.214. The molecule has 1 fully saturated rings. The Morgan fingerprint density at radius 1 is 1.00 bits per heavy atom. The molecular weight excluding hydrogens is 417 g/mol. The van der Waals surface area contributed by atoms with Crippen LogP contribution in [-0.2, 0) is 20.7 Å². The summed E-state index contributed by atoms with van der Waals surface area (Å²) in [4.78, 5) is 26.2. The molecule has 0 N–H and O–H groups in total. The maximum atomic E-state index is 13.5. The van der Waals surface area contributed by atoms with Crippen molar-refractivity contribution in [2.24, 2.45) is 5.92 Å². The molecule has 0 aromatic heterocycles. The van der Waals surface area contributed by atoms with Gasteiger partial charge >= 0.3 is 5.97 Å². The summed E-state index contributed by atoms with van der Waals surface area (Å²) in [5.41, 5.74) is 3.83. The highest BCUT2D eigenvalue weighted by Crippen LogP contribution is 2.45. The van der Waals surface area contributed by atoms with Crippen molar-refractivity contribution in [3.05, 3.63) is 107 Å². The number of β-lactam (4-membered cyclic amide) rings is 1. The van der Waals surface area contributed by atoms with Crippen molar-refractivity contribution in [3.63, 3.8) is 0 Å². The van der Waals surface area contributed by atoms with Crippen molar-refractivity contribution in [1.82, 2.24) is 0 Å². The molecule has 1 saturated heterocycles. The van der Waals surface area contributed by atoms with E-state index in [0.29, 0.717) is 5.69 Å². The molecule has 168 valence electrons. The van der Waals surface area contributed by atoms with Crippen molar-refractivity contribution >= 4 is 23.6 Å². The predicted molar refractivity (Wildman–Crippen MR) is 127 cm³/mol. The van der Waals surface area contributed by atoms with E-state index in [1.54, 1.807) is 23.1 Å². The van der Waals surface area contributed by atoms with Gasteiger partial charge in [-0.05, 0) is 66.3 Å². The molecule has 3 aromatic rings. The minimum absolute atomic E-state index is 0.0642. The molecule has 4 rings (SSSR count). The largest absolute Gasteiger partial charge is 0.466 e. The molecule has 0 aliphatic carbocycles. The Balaban J connectivity index is 1.53. The van der Waals surface area contributed by atoms with E-state index in [1.807, 2.05) is 42.5 Å². The first-order valence-corrected chi connectivity index (χ1v) is 11.1. The first-order chi connectivity index (χ1) is 16.1. The zero-order valence-corrected chi connectivity index (χ0v) is 18.5. The molecule has 1 aliphatic heterocycles. The number of hydrogen-bond donors (Lipinski definition) is 0. The number of benzene rings is 3. The Morgan fingerprint density at radius 2 is 1.70 bits per heavy atom. The summed E-state index contributed by atoms with van der Waals surface area (Å²) >= 11 is 0. The second-order valence-corrected chi connectivity index (χ2v) is 8.14. The maximum absolute atomic E-state index is 13.5. The van der Waals surface area contributed by atoms with Gasteiger partial charge in [-0.15, -0.1) is 0 Å². The van der Waals surface area contributed by atoms with Crippen LogP contribution in [0.2, 0.25) is 0 Å². The van der Waals surface area contributed by atoms with Crippen LogP contribution < -0.4 is 4.90 Å². The molecule has 3 aromatic carbocycles. The summed E-state index contributed by atoms with van der Waals surface area (Å²) < 4.78 is 18.1. The number of esters is 1. The average Bonchev–Trinajstić information content (AvgIpc) is 2.85. The Kier molecular flexibility index (Phi) is 6.98. The van der Waals surface area contributed by atoms with Crippen LogP contribution in [0.5, 0.6) is 0 Å². The van der Waals surface area contributed by atoms with Crippen LogP contribution in [0, 0.1) is 11.7 Å². The normalized spacial score (nSPS) is 17.8. The van der Waals surface area contributed by atoms with Crippen molar-refractivity contribution in [1.29, 1.82) is 0 Å². The van der Waals surface area contributed by atoms with Gasteiger partial charge in [-0.25, -0.2) is 9.18 Å². The lowest BCUT2D eigenvalue weighted by molar-refractivity contribution is -0.134. The van der Waals surface area contributed by atoms with Crippen LogP contribution in [0.15, 0.2) is 84.9 Å². The second-order valence-electron chi connectivity index (χ2n) is 8.14. The number of hydrogen-bond acceptors (Lipinski definition) is 3. The number of aryl methyl sites for hydroxylation is 1. The molecule has 1 heterocycles. The third-order valence-corrected chi connectivity index (χ3v) is 6.03. The number of nitrogens with zero attached hydrogens (tertiary/aromatic N) is 1. The van der Waals surface area contributed by atoms with E-state index < -0.39 is 5.97 Å². The van der Waals surface area contributed by atoms with E-state index in [-0.39, 0.29) is 23.7 Å². The van der Waals surface area contributed by atoms with Gasteiger partial charge in [-0.3, -0.25) is 4.79 Å². The molecule has 33 heavy (non-hydrogen) atoms. The highest BCUT2D eigenvalue weighted by molar-refractivity contribution is 6.03. The molecule has 4 nitrogen and oxygen atoms in total. The number of anilines is 1. The van der Waals surface area contributed by atoms with Crippen LogP contribution in [0.3, 0.4) is 0 Å². The quantitative estimate of drug-likeness (QED) is 0.253. The van der Waals surface area contributed by atoms with E-state index in [0.717, 1.165) is 30.4 Å². The highest BCUT2D eigenvalue weighted by Gasteiger charge is 2.48. The number of halogens is 1. The molecule has 5 heteroatoms. The van der Waals surface area contributed by atoms with Crippen molar-refractivity contribution < 1.29 is 18.7 Å². The molecule has 0 bridgehead atoms. The van der Waals surface area contributed by atoms with Gasteiger partial charge in [0.15, 0.2) is 0 Å². The fourth-order valence-electron chi connectivity index (χ4n) is 4.31. The zero-order valence-electron chi connectivity index (χ0n) is 18.5. The number of carbonyl (C=O) groups excluding carboxylic acids is 2. The van der Waals surface area contributed by atoms with Gasteiger partial charge < -0.3 is 9.64 Å². The monoisotopic (exact) mass is 443 g/mol. The fourth-order valence-corrected chi connectivity index (χ4v) is 4.31. The van der Waals surface area contributed by atoms with Crippen LogP contribution in [-0.4, -0.2) is 19.0 Å². The third kappa shape index (κ3) is 5.20. The first kappa shape index (κ1) is 22.5. The summed E-state index contributed by atoms with van der Waals surface area (Å²) in [6, 6.07) is 24.0. The number of methoxy groups -OCH3 is 1. The molecular formula is C28H26FNO3. The summed E-state index contributed by atoms with van der Waals surface area (Å²) in [6.07, 6.45) is 5.68. The third-order valence-electron chi connectivity index (χ3n) is 6.03. The SMILES string of the molecule is COC(=O)/C=C/c1ccc(C2C(CCCc3ccccc3)C(=O)N2c2ccc(F)cc2)cc1.